The molecule has 2 fully saturated rings. The van der Waals surface area contributed by atoms with Crippen molar-refractivity contribution in [1.82, 2.24) is 0 Å². The molecule has 2 heterocycles. The van der Waals surface area contributed by atoms with Gasteiger partial charge in [-0.25, -0.2) is 4.79 Å². The zero-order valence-electron chi connectivity index (χ0n) is 14.9. The highest BCUT2D eigenvalue weighted by molar-refractivity contribution is 5.89. The summed E-state index contributed by atoms with van der Waals surface area (Å²) in [6.45, 7) is 3.12. The van der Waals surface area contributed by atoms with E-state index < -0.39 is 0 Å². The van der Waals surface area contributed by atoms with Crippen molar-refractivity contribution in [1.29, 1.82) is 0 Å². The molecule has 3 rings (SSSR count). The first-order valence-corrected chi connectivity index (χ1v) is 9.44. The molecule has 5 heteroatoms. The highest BCUT2D eigenvalue weighted by Crippen LogP contribution is 2.40. The van der Waals surface area contributed by atoms with Gasteiger partial charge in [-0.05, 0) is 18.6 Å². The zero-order chi connectivity index (χ0) is 17.5. The zero-order valence-corrected chi connectivity index (χ0v) is 14.9. The number of benzene rings is 1. The van der Waals surface area contributed by atoms with Crippen molar-refractivity contribution in [2.75, 3.05) is 13.2 Å². The lowest BCUT2D eigenvalue weighted by atomic mass is 10.1. The summed E-state index contributed by atoms with van der Waals surface area (Å²) >= 11 is 0. The number of epoxide rings is 1. The number of unbranched alkanes of at least 4 members (excludes halogenated alkanes) is 5. The molecule has 0 unspecified atom stereocenters. The number of esters is 1. The van der Waals surface area contributed by atoms with Gasteiger partial charge in [-0.15, -0.1) is 0 Å². The third-order valence-electron chi connectivity index (χ3n) is 4.67. The summed E-state index contributed by atoms with van der Waals surface area (Å²) in [6.07, 6.45) is 6.85. The Morgan fingerprint density at radius 1 is 1.00 bits per heavy atom. The molecule has 2 aliphatic heterocycles. The van der Waals surface area contributed by atoms with Crippen molar-refractivity contribution in [2.24, 2.45) is 0 Å². The van der Waals surface area contributed by atoms with E-state index in [0.717, 1.165) is 6.42 Å². The van der Waals surface area contributed by atoms with Crippen LogP contribution in [0, 0.1) is 0 Å². The van der Waals surface area contributed by atoms with Crippen LogP contribution in [0.25, 0.3) is 0 Å². The number of rotatable bonds is 11. The standard InChI is InChI=1S/C20H28O5/c1-2-3-4-5-6-10-13-22-20-18-17(25-18)16(24-20)14-23-19(21)15-11-8-7-9-12-15/h7-9,11-12,16-18,20H,2-6,10,13-14H2,1H3/t16-,17+,18+,20-/m1/s1. The molecule has 5 nitrogen and oxygen atoms in total. The van der Waals surface area contributed by atoms with Gasteiger partial charge in [-0.2, -0.15) is 0 Å². The molecule has 0 aliphatic carbocycles. The first-order chi connectivity index (χ1) is 12.3. The molecule has 0 radical (unpaired) electrons. The highest BCUT2D eigenvalue weighted by atomic mass is 16.8. The second-order valence-corrected chi connectivity index (χ2v) is 6.71. The molecule has 0 amide bonds. The van der Waals surface area contributed by atoms with Gasteiger partial charge in [0, 0.05) is 6.61 Å². The lowest BCUT2D eigenvalue weighted by Gasteiger charge is -2.18. The predicted molar refractivity (Wildman–Crippen MR) is 93.4 cm³/mol. The van der Waals surface area contributed by atoms with Gasteiger partial charge in [0.25, 0.3) is 0 Å². The Labute approximate surface area is 149 Å². The fourth-order valence-electron chi connectivity index (χ4n) is 3.15. The Balaban J connectivity index is 1.30. The largest absolute Gasteiger partial charge is 0.459 e. The maximum atomic E-state index is 12.0. The van der Waals surface area contributed by atoms with Gasteiger partial charge in [0.2, 0.25) is 0 Å². The van der Waals surface area contributed by atoms with Crippen LogP contribution >= 0.6 is 0 Å². The van der Waals surface area contributed by atoms with Crippen LogP contribution in [0.3, 0.4) is 0 Å². The van der Waals surface area contributed by atoms with E-state index in [1.165, 1.54) is 32.1 Å². The Bertz CT molecular complexity index is 532. The Morgan fingerprint density at radius 3 is 2.56 bits per heavy atom. The van der Waals surface area contributed by atoms with Crippen molar-refractivity contribution in [3.8, 4) is 0 Å². The van der Waals surface area contributed by atoms with Crippen LogP contribution in [-0.2, 0) is 18.9 Å². The molecule has 0 bridgehead atoms. The molecular weight excluding hydrogens is 320 g/mol. The molecule has 0 N–H and O–H groups in total. The molecule has 25 heavy (non-hydrogen) atoms. The summed E-state index contributed by atoms with van der Waals surface area (Å²) in [4.78, 5) is 12.0. The normalized spacial score (nSPS) is 27.1. The van der Waals surface area contributed by atoms with Gasteiger partial charge in [-0.1, -0.05) is 57.2 Å². The lowest BCUT2D eigenvalue weighted by Crippen LogP contribution is -2.27. The molecule has 1 aromatic carbocycles. The molecule has 0 aromatic heterocycles. The van der Waals surface area contributed by atoms with Crippen LogP contribution in [0.5, 0.6) is 0 Å². The minimum absolute atomic E-state index is 0.000480. The highest BCUT2D eigenvalue weighted by Gasteiger charge is 2.59. The smallest absolute Gasteiger partial charge is 0.338 e. The van der Waals surface area contributed by atoms with Gasteiger partial charge in [0.15, 0.2) is 6.29 Å². The van der Waals surface area contributed by atoms with Gasteiger partial charge >= 0.3 is 5.97 Å². The summed E-state index contributed by atoms with van der Waals surface area (Å²) in [7, 11) is 0. The molecule has 0 saturated carbocycles. The quantitative estimate of drug-likeness (QED) is 0.347. The Kier molecular flexibility index (Phi) is 6.84. The van der Waals surface area contributed by atoms with E-state index in [1.807, 2.05) is 18.2 Å². The maximum Gasteiger partial charge on any atom is 0.338 e. The van der Waals surface area contributed by atoms with Gasteiger partial charge in [0.1, 0.15) is 24.9 Å². The van der Waals surface area contributed by atoms with Crippen LogP contribution in [-0.4, -0.2) is 43.8 Å². The maximum absolute atomic E-state index is 12.0. The van der Waals surface area contributed by atoms with E-state index in [9.17, 15) is 4.79 Å². The van der Waals surface area contributed by atoms with E-state index in [4.69, 9.17) is 18.9 Å². The van der Waals surface area contributed by atoms with Crippen molar-refractivity contribution in [3.05, 3.63) is 35.9 Å². The fraction of sp³-hybridized carbons (Fsp3) is 0.650. The van der Waals surface area contributed by atoms with E-state index in [1.54, 1.807) is 12.1 Å². The summed E-state index contributed by atoms with van der Waals surface area (Å²) < 4.78 is 22.6. The van der Waals surface area contributed by atoms with Crippen LogP contribution in [0.15, 0.2) is 30.3 Å². The van der Waals surface area contributed by atoms with Crippen molar-refractivity contribution < 1.29 is 23.7 Å². The Morgan fingerprint density at radius 2 is 1.76 bits per heavy atom. The van der Waals surface area contributed by atoms with Crippen molar-refractivity contribution in [2.45, 2.75) is 70.1 Å². The molecule has 2 saturated heterocycles. The summed E-state index contributed by atoms with van der Waals surface area (Å²) in [6, 6.07) is 8.97. The topological polar surface area (TPSA) is 57.3 Å². The summed E-state index contributed by atoms with van der Waals surface area (Å²) in [5.41, 5.74) is 0.546. The fourth-order valence-corrected chi connectivity index (χ4v) is 3.15. The molecule has 138 valence electrons. The SMILES string of the molecule is CCCCCCCCO[C@@H]1O[C@H](COC(=O)c2ccccc2)[C@@H]2O[C@H]12. The second-order valence-electron chi connectivity index (χ2n) is 6.71. The van der Waals surface area contributed by atoms with E-state index in [2.05, 4.69) is 6.92 Å². The van der Waals surface area contributed by atoms with Crippen LogP contribution in [0.2, 0.25) is 0 Å². The molecule has 4 atom stereocenters. The van der Waals surface area contributed by atoms with Crippen molar-refractivity contribution >= 4 is 5.97 Å². The third kappa shape index (κ3) is 5.27. The molecule has 2 aliphatic rings. The van der Waals surface area contributed by atoms with Gasteiger partial charge in [0.05, 0.1) is 5.56 Å². The minimum atomic E-state index is -0.335. The van der Waals surface area contributed by atoms with Crippen LogP contribution in [0.1, 0.15) is 55.8 Å². The molecular formula is C20H28O5. The number of ether oxygens (including phenoxy) is 4. The number of hydrogen-bond donors (Lipinski definition) is 0. The third-order valence-corrected chi connectivity index (χ3v) is 4.67. The number of carbonyl (C=O) groups excluding carboxylic acids is 1. The monoisotopic (exact) mass is 348 g/mol. The average Bonchev–Trinajstić information content (AvgIpc) is 3.37. The molecule has 0 spiro atoms. The van der Waals surface area contributed by atoms with E-state index >= 15 is 0 Å². The van der Waals surface area contributed by atoms with Crippen molar-refractivity contribution in [3.63, 3.8) is 0 Å². The Hall–Kier alpha value is -1.43. The van der Waals surface area contributed by atoms with Crippen LogP contribution in [0.4, 0.5) is 0 Å². The summed E-state index contributed by atoms with van der Waals surface area (Å²) in [5.74, 6) is -0.335. The number of fused-ring (bicyclic) bond motifs is 1. The first-order valence-electron chi connectivity index (χ1n) is 9.44. The number of carbonyl (C=O) groups is 1. The number of hydrogen-bond acceptors (Lipinski definition) is 5. The molecule has 1 aromatic rings. The van der Waals surface area contributed by atoms with E-state index in [0.29, 0.717) is 12.2 Å². The predicted octanol–water partition coefficient (Wildman–Crippen LogP) is 3.71. The van der Waals surface area contributed by atoms with Crippen LogP contribution < -0.4 is 0 Å². The summed E-state index contributed by atoms with van der Waals surface area (Å²) in [5, 5.41) is 0. The van der Waals surface area contributed by atoms with Gasteiger partial charge in [-0.3, -0.25) is 0 Å². The first kappa shape index (κ1) is 18.4. The van der Waals surface area contributed by atoms with E-state index in [-0.39, 0.29) is 37.2 Å². The minimum Gasteiger partial charge on any atom is -0.459 e. The van der Waals surface area contributed by atoms with Gasteiger partial charge < -0.3 is 18.9 Å². The lowest BCUT2D eigenvalue weighted by molar-refractivity contribution is -0.180. The second kappa shape index (κ2) is 9.32. The average molecular weight is 348 g/mol.